The number of carbonyl (C=O) groups is 2. The highest BCUT2D eigenvalue weighted by atomic mass is 16.4. The second kappa shape index (κ2) is 6.78. The van der Waals surface area contributed by atoms with Crippen LogP contribution in [0.4, 0.5) is 4.79 Å². The van der Waals surface area contributed by atoms with Gasteiger partial charge in [0.2, 0.25) is 0 Å². The van der Waals surface area contributed by atoms with Crippen molar-refractivity contribution < 1.29 is 14.7 Å². The number of hydrogen-bond acceptors (Lipinski definition) is 2. The van der Waals surface area contributed by atoms with Crippen molar-refractivity contribution in [2.75, 3.05) is 7.05 Å². The first kappa shape index (κ1) is 15.8. The van der Waals surface area contributed by atoms with E-state index in [1.54, 1.807) is 11.9 Å². The molecule has 5 nitrogen and oxygen atoms in total. The van der Waals surface area contributed by atoms with Crippen LogP contribution in [0.15, 0.2) is 0 Å². The lowest BCUT2D eigenvalue weighted by molar-refractivity contribution is -0.143. The minimum absolute atomic E-state index is 0.131. The molecule has 1 aliphatic rings. The molecule has 0 aliphatic heterocycles. The van der Waals surface area contributed by atoms with Gasteiger partial charge in [0.25, 0.3) is 0 Å². The summed E-state index contributed by atoms with van der Waals surface area (Å²) in [5.41, 5.74) is 0. The van der Waals surface area contributed by atoms with Gasteiger partial charge in [-0.1, -0.05) is 26.7 Å². The zero-order valence-corrected chi connectivity index (χ0v) is 12.3. The Morgan fingerprint density at radius 1 is 1.21 bits per heavy atom. The third-order valence-electron chi connectivity index (χ3n) is 4.29. The number of carboxylic acids is 1. The Bertz CT molecular complexity index is 331. The van der Waals surface area contributed by atoms with Crippen LogP contribution in [0.2, 0.25) is 0 Å². The van der Waals surface area contributed by atoms with Crippen LogP contribution >= 0.6 is 0 Å². The van der Waals surface area contributed by atoms with Gasteiger partial charge in [0.15, 0.2) is 0 Å². The standard InChI is InChI=1S/C14H26N2O3/c1-9(2)10(3)16(4)14(19)15-12-8-6-5-7-11(12)13(17)18/h9-12H,5-8H2,1-4H3,(H,15,19)(H,17,18). The van der Waals surface area contributed by atoms with Crippen LogP contribution in [0.25, 0.3) is 0 Å². The van der Waals surface area contributed by atoms with E-state index >= 15 is 0 Å². The van der Waals surface area contributed by atoms with Gasteiger partial charge < -0.3 is 15.3 Å². The molecule has 2 amide bonds. The number of aliphatic carboxylic acids is 1. The molecule has 0 spiro atoms. The van der Waals surface area contributed by atoms with E-state index in [0.717, 1.165) is 19.3 Å². The first-order valence-corrected chi connectivity index (χ1v) is 7.10. The average Bonchev–Trinajstić information content (AvgIpc) is 2.37. The van der Waals surface area contributed by atoms with Gasteiger partial charge in [-0.15, -0.1) is 0 Å². The fraction of sp³-hybridized carbons (Fsp3) is 0.857. The second-order valence-electron chi connectivity index (χ2n) is 5.88. The van der Waals surface area contributed by atoms with Crippen molar-refractivity contribution in [1.82, 2.24) is 10.2 Å². The Kier molecular flexibility index (Phi) is 5.63. The molecule has 0 radical (unpaired) electrons. The zero-order chi connectivity index (χ0) is 14.6. The van der Waals surface area contributed by atoms with E-state index in [1.807, 2.05) is 6.92 Å². The quantitative estimate of drug-likeness (QED) is 0.823. The molecule has 5 heteroatoms. The van der Waals surface area contributed by atoms with Crippen molar-refractivity contribution in [1.29, 1.82) is 0 Å². The Morgan fingerprint density at radius 3 is 2.32 bits per heavy atom. The molecule has 19 heavy (non-hydrogen) atoms. The zero-order valence-electron chi connectivity index (χ0n) is 12.3. The van der Waals surface area contributed by atoms with E-state index in [-0.39, 0.29) is 18.1 Å². The van der Waals surface area contributed by atoms with Crippen LogP contribution in [-0.2, 0) is 4.79 Å². The Hall–Kier alpha value is -1.26. The summed E-state index contributed by atoms with van der Waals surface area (Å²) in [6.45, 7) is 6.13. The summed E-state index contributed by atoms with van der Waals surface area (Å²) in [7, 11) is 1.76. The summed E-state index contributed by atoms with van der Waals surface area (Å²) >= 11 is 0. The van der Waals surface area contributed by atoms with E-state index in [2.05, 4.69) is 19.2 Å². The van der Waals surface area contributed by atoms with Gasteiger partial charge in [-0.3, -0.25) is 4.79 Å². The highest BCUT2D eigenvalue weighted by molar-refractivity contribution is 5.77. The summed E-state index contributed by atoms with van der Waals surface area (Å²) < 4.78 is 0. The summed E-state index contributed by atoms with van der Waals surface area (Å²) in [5, 5.41) is 12.1. The van der Waals surface area contributed by atoms with Gasteiger partial charge in [0.05, 0.1) is 5.92 Å². The van der Waals surface area contributed by atoms with Crippen LogP contribution in [-0.4, -0.2) is 41.1 Å². The summed E-state index contributed by atoms with van der Waals surface area (Å²) in [6, 6.07) is -0.271. The maximum atomic E-state index is 12.1. The fourth-order valence-corrected chi connectivity index (χ4v) is 2.49. The Labute approximate surface area is 115 Å². The van der Waals surface area contributed by atoms with E-state index in [9.17, 15) is 14.7 Å². The monoisotopic (exact) mass is 270 g/mol. The fourth-order valence-electron chi connectivity index (χ4n) is 2.49. The van der Waals surface area contributed by atoms with Crippen molar-refractivity contribution in [3.63, 3.8) is 0 Å². The SMILES string of the molecule is CC(C)C(C)N(C)C(=O)NC1CCCCC1C(=O)O. The molecule has 0 aromatic carbocycles. The Morgan fingerprint density at radius 2 is 1.79 bits per heavy atom. The van der Waals surface area contributed by atoms with Gasteiger partial charge in [-0.2, -0.15) is 0 Å². The molecule has 3 unspecified atom stereocenters. The number of nitrogens with zero attached hydrogens (tertiary/aromatic N) is 1. The van der Waals surface area contributed by atoms with Gasteiger partial charge >= 0.3 is 12.0 Å². The number of nitrogens with one attached hydrogen (secondary N) is 1. The van der Waals surface area contributed by atoms with E-state index in [1.165, 1.54) is 0 Å². The van der Waals surface area contributed by atoms with Crippen LogP contribution in [0.1, 0.15) is 46.5 Å². The predicted octanol–water partition coefficient (Wildman–Crippen LogP) is 2.32. The van der Waals surface area contributed by atoms with Crippen molar-refractivity contribution >= 4 is 12.0 Å². The number of rotatable bonds is 4. The molecular weight excluding hydrogens is 244 g/mol. The first-order valence-electron chi connectivity index (χ1n) is 7.10. The lowest BCUT2D eigenvalue weighted by Gasteiger charge is -2.33. The minimum atomic E-state index is -0.801. The van der Waals surface area contributed by atoms with Crippen molar-refractivity contribution in [3.8, 4) is 0 Å². The van der Waals surface area contributed by atoms with Gasteiger partial charge in [0, 0.05) is 19.1 Å². The molecule has 1 rings (SSSR count). The largest absolute Gasteiger partial charge is 0.481 e. The van der Waals surface area contributed by atoms with Crippen LogP contribution in [0.3, 0.4) is 0 Å². The molecular formula is C14H26N2O3. The van der Waals surface area contributed by atoms with Crippen molar-refractivity contribution in [2.45, 2.75) is 58.5 Å². The molecule has 110 valence electrons. The first-order chi connectivity index (χ1) is 8.84. The van der Waals surface area contributed by atoms with E-state index in [0.29, 0.717) is 12.3 Å². The number of carboxylic acid groups (broad SMARTS) is 1. The average molecular weight is 270 g/mol. The molecule has 2 N–H and O–H groups in total. The normalized spacial score (nSPS) is 24.9. The topological polar surface area (TPSA) is 69.6 Å². The maximum Gasteiger partial charge on any atom is 0.317 e. The van der Waals surface area contributed by atoms with Crippen LogP contribution in [0, 0.1) is 11.8 Å². The van der Waals surface area contributed by atoms with Gasteiger partial charge in [-0.25, -0.2) is 4.79 Å². The van der Waals surface area contributed by atoms with E-state index < -0.39 is 11.9 Å². The smallest absolute Gasteiger partial charge is 0.317 e. The lowest BCUT2D eigenvalue weighted by atomic mass is 9.84. The third-order valence-corrected chi connectivity index (χ3v) is 4.29. The molecule has 1 fully saturated rings. The molecule has 0 aromatic heterocycles. The number of hydrogen-bond donors (Lipinski definition) is 2. The minimum Gasteiger partial charge on any atom is -0.481 e. The van der Waals surface area contributed by atoms with Gasteiger partial charge in [0.1, 0.15) is 0 Å². The van der Waals surface area contributed by atoms with Crippen molar-refractivity contribution in [2.24, 2.45) is 11.8 Å². The predicted molar refractivity (Wildman–Crippen MR) is 74.0 cm³/mol. The molecule has 1 aliphatic carbocycles. The second-order valence-corrected chi connectivity index (χ2v) is 5.88. The Balaban J connectivity index is 2.61. The molecule has 1 saturated carbocycles. The third kappa shape index (κ3) is 4.11. The van der Waals surface area contributed by atoms with E-state index in [4.69, 9.17) is 0 Å². The number of carbonyl (C=O) groups excluding carboxylic acids is 1. The molecule has 0 heterocycles. The molecule has 0 bridgehead atoms. The molecule has 0 saturated heterocycles. The molecule has 0 aromatic rings. The van der Waals surface area contributed by atoms with Crippen LogP contribution < -0.4 is 5.32 Å². The summed E-state index contributed by atoms with van der Waals surface area (Å²) in [6.07, 6.45) is 3.33. The highest BCUT2D eigenvalue weighted by Gasteiger charge is 2.33. The molecule has 3 atom stereocenters. The number of amides is 2. The maximum absolute atomic E-state index is 12.1. The summed E-state index contributed by atoms with van der Waals surface area (Å²) in [5.74, 6) is -0.873. The summed E-state index contributed by atoms with van der Waals surface area (Å²) in [4.78, 5) is 25.0. The lowest BCUT2D eigenvalue weighted by Crippen LogP contribution is -2.51. The van der Waals surface area contributed by atoms with Crippen molar-refractivity contribution in [3.05, 3.63) is 0 Å². The highest BCUT2D eigenvalue weighted by Crippen LogP contribution is 2.25. The number of urea groups is 1. The van der Waals surface area contributed by atoms with Gasteiger partial charge in [-0.05, 0) is 25.7 Å². The van der Waals surface area contributed by atoms with Crippen LogP contribution in [0.5, 0.6) is 0 Å².